The molecule has 0 unspecified atom stereocenters. The van der Waals surface area contributed by atoms with E-state index in [1.807, 2.05) is 24.3 Å². The van der Waals surface area contributed by atoms with Crippen molar-refractivity contribution >= 4 is 29.1 Å². The second-order valence-corrected chi connectivity index (χ2v) is 6.17. The number of benzene rings is 2. The zero-order valence-corrected chi connectivity index (χ0v) is 16.2. The van der Waals surface area contributed by atoms with E-state index in [0.29, 0.717) is 34.6 Å². The summed E-state index contributed by atoms with van der Waals surface area (Å²) in [6.45, 7) is 0.324. The maximum absolute atomic E-state index is 12.3. The molecule has 0 saturated carbocycles. The molecule has 2 aromatic carbocycles. The summed E-state index contributed by atoms with van der Waals surface area (Å²) in [6.07, 6.45) is 2.91. The van der Waals surface area contributed by atoms with Crippen LogP contribution in [0.25, 0.3) is 0 Å². The third-order valence-electron chi connectivity index (χ3n) is 3.95. The van der Waals surface area contributed by atoms with Crippen LogP contribution in [0.4, 0.5) is 11.6 Å². The molecule has 0 aliphatic rings. The number of rotatable bonds is 7. The predicted molar refractivity (Wildman–Crippen MR) is 107 cm³/mol. The summed E-state index contributed by atoms with van der Waals surface area (Å²) >= 11 is 6.09. The average Bonchev–Trinajstić information content (AvgIpc) is 2.73. The number of nitrogens with zero attached hydrogens (tertiary/aromatic N) is 2. The highest BCUT2D eigenvalue weighted by Crippen LogP contribution is 2.30. The molecule has 7 nitrogen and oxygen atoms in total. The average molecular weight is 399 g/mol. The van der Waals surface area contributed by atoms with Gasteiger partial charge in [0.15, 0.2) is 11.5 Å². The maximum atomic E-state index is 12.3. The second-order valence-electron chi connectivity index (χ2n) is 5.76. The van der Waals surface area contributed by atoms with Crippen molar-refractivity contribution in [3.05, 3.63) is 71.0 Å². The molecule has 0 atom stereocenters. The van der Waals surface area contributed by atoms with Crippen molar-refractivity contribution in [1.82, 2.24) is 15.3 Å². The van der Waals surface area contributed by atoms with Gasteiger partial charge in [-0.05, 0) is 23.8 Å². The Morgan fingerprint density at radius 1 is 1.04 bits per heavy atom. The van der Waals surface area contributed by atoms with Crippen LogP contribution in [0.2, 0.25) is 5.02 Å². The minimum absolute atomic E-state index is 0.280. The lowest BCUT2D eigenvalue weighted by molar-refractivity contribution is 0.0950. The first kappa shape index (κ1) is 19.4. The van der Waals surface area contributed by atoms with Crippen molar-refractivity contribution in [2.75, 3.05) is 19.5 Å². The Hall–Kier alpha value is -3.32. The van der Waals surface area contributed by atoms with Gasteiger partial charge < -0.3 is 20.1 Å². The molecule has 0 radical (unpaired) electrons. The first-order valence-corrected chi connectivity index (χ1v) is 8.81. The molecule has 2 N–H and O–H groups in total. The Labute approximate surface area is 167 Å². The van der Waals surface area contributed by atoms with Crippen LogP contribution in [-0.4, -0.2) is 30.1 Å². The van der Waals surface area contributed by atoms with E-state index in [0.717, 1.165) is 11.3 Å². The summed E-state index contributed by atoms with van der Waals surface area (Å²) in [7, 11) is 3.14. The van der Waals surface area contributed by atoms with Crippen LogP contribution in [-0.2, 0) is 6.54 Å². The monoisotopic (exact) mass is 398 g/mol. The van der Waals surface area contributed by atoms with Crippen LogP contribution in [0, 0.1) is 0 Å². The van der Waals surface area contributed by atoms with Gasteiger partial charge in [0.1, 0.15) is 0 Å². The van der Waals surface area contributed by atoms with Gasteiger partial charge in [-0.25, -0.2) is 9.97 Å². The highest BCUT2D eigenvalue weighted by Gasteiger charge is 2.09. The fourth-order valence-electron chi connectivity index (χ4n) is 2.47. The summed E-state index contributed by atoms with van der Waals surface area (Å²) in [6, 6.07) is 12.7. The quantitative estimate of drug-likeness (QED) is 0.629. The molecule has 0 spiro atoms. The van der Waals surface area contributed by atoms with Gasteiger partial charge in [0, 0.05) is 35.7 Å². The lowest BCUT2D eigenvalue weighted by Gasteiger charge is -2.10. The first-order valence-electron chi connectivity index (χ1n) is 8.43. The summed E-state index contributed by atoms with van der Waals surface area (Å²) in [4.78, 5) is 20.6. The summed E-state index contributed by atoms with van der Waals surface area (Å²) < 4.78 is 10.5. The predicted octanol–water partition coefficient (Wildman–Crippen LogP) is 3.82. The summed E-state index contributed by atoms with van der Waals surface area (Å²) in [5.41, 5.74) is 1.92. The number of carbonyl (C=O) groups excluding carboxylic acids is 1. The largest absolute Gasteiger partial charge is 0.493 e. The number of hydrogen-bond acceptors (Lipinski definition) is 6. The number of carbonyl (C=O) groups is 1. The van der Waals surface area contributed by atoms with Crippen molar-refractivity contribution in [2.24, 2.45) is 0 Å². The molecule has 1 aromatic heterocycles. The molecule has 0 aliphatic carbocycles. The van der Waals surface area contributed by atoms with Crippen molar-refractivity contribution in [3.8, 4) is 11.5 Å². The first-order chi connectivity index (χ1) is 13.6. The fourth-order valence-corrected chi connectivity index (χ4v) is 2.67. The van der Waals surface area contributed by atoms with E-state index in [4.69, 9.17) is 21.1 Å². The smallest absolute Gasteiger partial charge is 0.254 e. The van der Waals surface area contributed by atoms with E-state index in [1.165, 1.54) is 12.4 Å². The summed E-state index contributed by atoms with van der Waals surface area (Å²) in [5.74, 6) is 1.29. The number of hydrogen-bond donors (Lipinski definition) is 2. The topological polar surface area (TPSA) is 85.4 Å². The number of amides is 1. The Kier molecular flexibility index (Phi) is 6.29. The van der Waals surface area contributed by atoms with Gasteiger partial charge in [-0.15, -0.1) is 0 Å². The van der Waals surface area contributed by atoms with Crippen molar-refractivity contribution < 1.29 is 14.3 Å². The Morgan fingerprint density at radius 3 is 2.43 bits per heavy atom. The number of methoxy groups -OCH3 is 2. The van der Waals surface area contributed by atoms with Gasteiger partial charge in [0.25, 0.3) is 5.91 Å². The lowest BCUT2D eigenvalue weighted by Crippen LogP contribution is -2.23. The second kappa shape index (κ2) is 9.05. The molecular weight excluding hydrogens is 380 g/mol. The highest BCUT2D eigenvalue weighted by atomic mass is 35.5. The molecular formula is C20H19ClN4O3. The van der Waals surface area contributed by atoms with Crippen LogP contribution in [0.15, 0.2) is 54.9 Å². The molecule has 144 valence electrons. The van der Waals surface area contributed by atoms with Crippen molar-refractivity contribution in [2.45, 2.75) is 6.54 Å². The number of halogens is 1. The zero-order valence-electron chi connectivity index (χ0n) is 15.4. The fraction of sp³-hybridized carbons (Fsp3) is 0.150. The molecule has 0 aliphatic heterocycles. The number of aromatic nitrogens is 2. The standard InChI is InChI=1S/C20H19ClN4O3/c1-27-17-8-7-15(9-18(17)28-2)25-20-23-11-14(12-24-20)19(26)22-10-13-5-3-4-6-16(13)21/h3-9,11-12H,10H2,1-2H3,(H,22,26)(H,23,24,25). The SMILES string of the molecule is COc1ccc(Nc2ncc(C(=O)NCc3ccccc3Cl)cn2)cc1OC. The van der Waals surface area contributed by atoms with Gasteiger partial charge in [-0.3, -0.25) is 4.79 Å². The van der Waals surface area contributed by atoms with Gasteiger partial charge in [-0.1, -0.05) is 29.8 Å². The molecule has 0 bridgehead atoms. The summed E-state index contributed by atoms with van der Waals surface area (Å²) in [5, 5.41) is 6.46. The molecule has 0 saturated heterocycles. The Morgan fingerprint density at radius 2 is 1.75 bits per heavy atom. The number of anilines is 2. The van der Waals surface area contributed by atoms with Crippen LogP contribution < -0.4 is 20.1 Å². The van der Waals surface area contributed by atoms with Crippen molar-refractivity contribution in [1.29, 1.82) is 0 Å². The van der Waals surface area contributed by atoms with Crippen LogP contribution in [0.5, 0.6) is 11.5 Å². The van der Waals surface area contributed by atoms with Gasteiger partial charge in [0.2, 0.25) is 5.95 Å². The molecule has 1 amide bonds. The van der Waals surface area contributed by atoms with E-state index >= 15 is 0 Å². The van der Waals surface area contributed by atoms with E-state index < -0.39 is 0 Å². The Bertz CT molecular complexity index is 964. The minimum atomic E-state index is -0.280. The zero-order chi connectivity index (χ0) is 19.9. The normalized spacial score (nSPS) is 10.2. The van der Waals surface area contributed by atoms with Crippen molar-refractivity contribution in [3.63, 3.8) is 0 Å². The molecule has 8 heteroatoms. The number of ether oxygens (including phenoxy) is 2. The lowest BCUT2D eigenvalue weighted by atomic mass is 10.2. The Balaban J connectivity index is 1.63. The minimum Gasteiger partial charge on any atom is -0.493 e. The van der Waals surface area contributed by atoms with E-state index in [9.17, 15) is 4.79 Å². The maximum Gasteiger partial charge on any atom is 0.254 e. The molecule has 0 fully saturated rings. The number of nitrogens with one attached hydrogen (secondary N) is 2. The van der Waals surface area contributed by atoms with Crippen LogP contribution in [0.1, 0.15) is 15.9 Å². The molecule has 28 heavy (non-hydrogen) atoms. The van der Waals surface area contributed by atoms with Crippen LogP contribution in [0.3, 0.4) is 0 Å². The van der Waals surface area contributed by atoms with E-state index in [-0.39, 0.29) is 5.91 Å². The van der Waals surface area contributed by atoms with E-state index in [1.54, 1.807) is 32.4 Å². The van der Waals surface area contributed by atoms with Gasteiger partial charge >= 0.3 is 0 Å². The van der Waals surface area contributed by atoms with Crippen LogP contribution >= 0.6 is 11.6 Å². The van der Waals surface area contributed by atoms with Gasteiger partial charge in [-0.2, -0.15) is 0 Å². The highest BCUT2D eigenvalue weighted by molar-refractivity contribution is 6.31. The molecule has 3 rings (SSSR count). The third kappa shape index (κ3) is 4.69. The van der Waals surface area contributed by atoms with E-state index in [2.05, 4.69) is 20.6 Å². The molecule has 1 heterocycles. The van der Waals surface area contributed by atoms with Gasteiger partial charge in [0.05, 0.1) is 19.8 Å². The third-order valence-corrected chi connectivity index (χ3v) is 4.32. The molecule has 3 aromatic rings.